The van der Waals surface area contributed by atoms with Crippen molar-refractivity contribution in [2.45, 2.75) is 32.2 Å². The average Bonchev–Trinajstić information content (AvgIpc) is 2.92. The second-order valence-corrected chi connectivity index (χ2v) is 5.66. The lowest BCUT2D eigenvalue weighted by Crippen LogP contribution is -2.26. The molecule has 0 radical (unpaired) electrons. The van der Waals surface area contributed by atoms with Gasteiger partial charge in [-0.3, -0.25) is 4.79 Å². The zero-order valence-corrected chi connectivity index (χ0v) is 11.6. The summed E-state index contributed by atoms with van der Waals surface area (Å²) in [7, 11) is 0. The van der Waals surface area contributed by atoms with Gasteiger partial charge in [-0.2, -0.15) is 0 Å². The summed E-state index contributed by atoms with van der Waals surface area (Å²) in [6.45, 7) is 2.14. The van der Waals surface area contributed by atoms with Crippen molar-refractivity contribution in [3.63, 3.8) is 0 Å². The van der Waals surface area contributed by atoms with Gasteiger partial charge in [0.1, 0.15) is 0 Å². The number of carbonyl (C=O) groups excluding carboxylic acids is 1. The monoisotopic (exact) mass is 279 g/mol. The number of hydrogen-bond donors (Lipinski definition) is 2. The van der Waals surface area contributed by atoms with E-state index in [1.54, 1.807) is 11.4 Å². The number of carboxylic acids is 1. The molecule has 2 atom stereocenters. The first-order valence-corrected chi connectivity index (χ1v) is 7.29. The Morgan fingerprint density at radius 3 is 3.05 bits per heavy atom. The summed E-state index contributed by atoms with van der Waals surface area (Å²) < 4.78 is 0. The number of aliphatic carboxylic acids is 1. The highest BCUT2D eigenvalue weighted by Crippen LogP contribution is 2.35. The molecule has 1 heterocycles. The van der Waals surface area contributed by atoms with Crippen molar-refractivity contribution in [1.82, 2.24) is 5.32 Å². The van der Waals surface area contributed by atoms with Crippen LogP contribution in [0.25, 0.3) is 6.08 Å². The molecule has 0 aromatic carbocycles. The number of hydrogen-bond acceptors (Lipinski definition) is 3. The minimum Gasteiger partial charge on any atom is -0.478 e. The highest BCUT2D eigenvalue weighted by atomic mass is 32.1. The number of rotatable bonds is 6. The van der Waals surface area contributed by atoms with E-state index in [0.717, 1.165) is 25.3 Å². The van der Waals surface area contributed by atoms with Crippen molar-refractivity contribution in [2.24, 2.45) is 5.92 Å². The van der Waals surface area contributed by atoms with Crippen LogP contribution in [-0.4, -0.2) is 23.0 Å². The van der Waals surface area contributed by atoms with Gasteiger partial charge in [0.15, 0.2) is 0 Å². The van der Waals surface area contributed by atoms with Gasteiger partial charge >= 0.3 is 5.97 Å². The molecule has 1 saturated carbocycles. The van der Waals surface area contributed by atoms with Gasteiger partial charge in [-0.1, -0.05) is 13.3 Å². The molecule has 102 valence electrons. The van der Waals surface area contributed by atoms with E-state index in [1.165, 1.54) is 17.4 Å². The van der Waals surface area contributed by atoms with Crippen LogP contribution in [0.5, 0.6) is 0 Å². The molecule has 1 aliphatic rings. The van der Waals surface area contributed by atoms with Gasteiger partial charge in [0, 0.05) is 12.1 Å². The summed E-state index contributed by atoms with van der Waals surface area (Å²) in [5, 5.41) is 13.4. The molecular formula is C14H17NO3S. The number of carboxylic acid groups (broad SMARTS) is 1. The Balaban J connectivity index is 1.96. The molecule has 2 rings (SSSR count). The molecular weight excluding hydrogens is 262 g/mol. The van der Waals surface area contributed by atoms with E-state index < -0.39 is 5.97 Å². The Labute approximate surface area is 116 Å². The first kappa shape index (κ1) is 13.8. The molecule has 4 nitrogen and oxygen atoms in total. The summed E-state index contributed by atoms with van der Waals surface area (Å²) in [4.78, 5) is 23.2. The van der Waals surface area contributed by atoms with E-state index in [1.807, 2.05) is 0 Å². The van der Waals surface area contributed by atoms with E-state index in [4.69, 9.17) is 5.11 Å². The third kappa shape index (κ3) is 3.67. The molecule has 0 saturated heterocycles. The van der Waals surface area contributed by atoms with Crippen molar-refractivity contribution in [1.29, 1.82) is 0 Å². The minimum absolute atomic E-state index is 0.0939. The predicted octanol–water partition coefficient (Wildman–Crippen LogP) is 2.76. The topological polar surface area (TPSA) is 66.4 Å². The van der Waals surface area contributed by atoms with Crippen LogP contribution >= 0.6 is 11.3 Å². The van der Waals surface area contributed by atoms with Crippen LogP contribution in [0.15, 0.2) is 17.5 Å². The lowest BCUT2D eigenvalue weighted by molar-refractivity contribution is -0.131. The Bertz CT molecular complexity index is 507. The summed E-state index contributed by atoms with van der Waals surface area (Å²) in [5.74, 6) is -0.488. The smallest absolute Gasteiger partial charge is 0.328 e. The van der Waals surface area contributed by atoms with Crippen molar-refractivity contribution in [2.75, 3.05) is 0 Å². The Morgan fingerprint density at radius 1 is 1.58 bits per heavy atom. The molecule has 1 aromatic heterocycles. The van der Waals surface area contributed by atoms with E-state index in [0.29, 0.717) is 22.4 Å². The predicted molar refractivity (Wildman–Crippen MR) is 75.3 cm³/mol. The Kier molecular flexibility index (Phi) is 4.37. The second-order valence-electron chi connectivity index (χ2n) is 4.74. The fraction of sp³-hybridized carbons (Fsp3) is 0.429. The lowest BCUT2D eigenvalue weighted by Gasteiger charge is -2.03. The normalized spacial score (nSPS) is 21.5. The fourth-order valence-electron chi connectivity index (χ4n) is 2.14. The van der Waals surface area contributed by atoms with E-state index >= 15 is 0 Å². The first-order valence-electron chi connectivity index (χ1n) is 6.41. The molecule has 1 amide bonds. The summed E-state index contributed by atoms with van der Waals surface area (Å²) in [5.41, 5.74) is 0.664. The van der Waals surface area contributed by atoms with Crippen LogP contribution in [0.3, 0.4) is 0 Å². The SMILES string of the molecule is CCCC1CC1NC(=O)c1sccc1/C=C/C(=O)O. The van der Waals surface area contributed by atoms with Crippen LogP contribution in [0.2, 0.25) is 0 Å². The third-order valence-electron chi connectivity index (χ3n) is 3.21. The number of amides is 1. The van der Waals surface area contributed by atoms with Gasteiger partial charge in [-0.05, 0) is 41.8 Å². The largest absolute Gasteiger partial charge is 0.478 e. The maximum Gasteiger partial charge on any atom is 0.328 e. The van der Waals surface area contributed by atoms with Gasteiger partial charge in [0.25, 0.3) is 5.91 Å². The van der Waals surface area contributed by atoms with Crippen molar-refractivity contribution in [3.8, 4) is 0 Å². The zero-order valence-electron chi connectivity index (χ0n) is 10.8. The van der Waals surface area contributed by atoms with Gasteiger partial charge < -0.3 is 10.4 Å². The Morgan fingerprint density at radius 2 is 2.37 bits per heavy atom. The molecule has 2 unspecified atom stereocenters. The molecule has 1 aliphatic carbocycles. The van der Waals surface area contributed by atoms with Crippen LogP contribution in [0.4, 0.5) is 0 Å². The van der Waals surface area contributed by atoms with Crippen LogP contribution in [-0.2, 0) is 4.79 Å². The fourth-order valence-corrected chi connectivity index (χ4v) is 2.93. The Hall–Kier alpha value is -1.62. The molecule has 1 fully saturated rings. The quantitative estimate of drug-likeness (QED) is 0.787. The standard InChI is InChI=1S/C14H17NO3S/c1-2-3-10-8-11(10)15-14(18)13-9(6-7-19-13)4-5-12(16)17/h4-7,10-11H,2-3,8H2,1H3,(H,15,18)(H,16,17)/b5-4+. The molecule has 0 bridgehead atoms. The van der Waals surface area contributed by atoms with Gasteiger partial charge in [0.2, 0.25) is 0 Å². The number of nitrogens with one attached hydrogen (secondary N) is 1. The summed E-state index contributed by atoms with van der Waals surface area (Å²) in [6, 6.07) is 2.06. The minimum atomic E-state index is -1.01. The summed E-state index contributed by atoms with van der Waals surface area (Å²) in [6.07, 6.45) is 5.87. The maximum atomic E-state index is 12.1. The zero-order chi connectivity index (χ0) is 13.8. The highest BCUT2D eigenvalue weighted by Gasteiger charge is 2.37. The lowest BCUT2D eigenvalue weighted by atomic mass is 10.2. The molecule has 0 spiro atoms. The van der Waals surface area contributed by atoms with Crippen LogP contribution in [0.1, 0.15) is 41.4 Å². The summed E-state index contributed by atoms with van der Waals surface area (Å²) >= 11 is 1.34. The van der Waals surface area contributed by atoms with Crippen LogP contribution in [0, 0.1) is 5.92 Å². The number of carbonyl (C=O) groups is 2. The van der Waals surface area contributed by atoms with Gasteiger partial charge in [0.05, 0.1) is 4.88 Å². The van der Waals surface area contributed by atoms with E-state index in [-0.39, 0.29) is 5.91 Å². The molecule has 1 aromatic rings. The second kappa shape index (κ2) is 6.02. The van der Waals surface area contributed by atoms with Crippen molar-refractivity contribution in [3.05, 3.63) is 28.0 Å². The van der Waals surface area contributed by atoms with Crippen molar-refractivity contribution >= 4 is 29.3 Å². The van der Waals surface area contributed by atoms with Gasteiger partial charge in [-0.15, -0.1) is 11.3 Å². The van der Waals surface area contributed by atoms with Gasteiger partial charge in [-0.25, -0.2) is 4.79 Å². The van der Waals surface area contributed by atoms with E-state index in [9.17, 15) is 9.59 Å². The average molecular weight is 279 g/mol. The molecule has 0 aliphatic heterocycles. The molecule has 19 heavy (non-hydrogen) atoms. The van der Waals surface area contributed by atoms with E-state index in [2.05, 4.69) is 12.2 Å². The number of thiophene rings is 1. The molecule has 2 N–H and O–H groups in total. The van der Waals surface area contributed by atoms with Crippen LogP contribution < -0.4 is 5.32 Å². The highest BCUT2D eigenvalue weighted by molar-refractivity contribution is 7.12. The molecule has 5 heteroatoms. The maximum absolute atomic E-state index is 12.1. The van der Waals surface area contributed by atoms with Crippen molar-refractivity contribution < 1.29 is 14.7 Å². The third-order valence-corrected chi connectivity index (χ3v) is 4.13. The first-order chi connectivity index (χ1) is 9.11.